The highest BCUT2D eigenvalue weighted by Crippen LogP contribution is 2.25. The molecule has 106 valence electrons. The predicted molar refractivity (Wildman–Crippen MR) is 91.1 cm³/mol. The van der Waals surface area contributed by atoms with Crippen LogP contribution in [0.2, 0.25) is 0 Å². The molecule has 4 heteroatoms. The van der Waals surface area contributed by atoms with Crippen LogP contribution in [0.4, 0.5) is 0 Å². The Hall–Kier alpha value is -1.65. The van der Waals surface area contributed by atoms with Crippen molar-refractivity contribution >= 4 is 27.3 Å². The first-order valence-electron chi connectivity index (χ1n) is 6.58. The molecule has 0 aliphatic rings. The van der Waals surface area contributed by atoms with Gasteiger partial charge in [0.15, 0.2) is 0 Å². The second-order valence-corrected chi connectivity index (χ2v) is 6.52. The summed E-state index contributed by atoms with van der Waals surface area (Å²) in [5, 5.41) is 3.24. The van der Waals surface area contributed by atoms with Gasteiger partial charge in [0.05, 0.1) is 17.8 Å². The molecular formula is C17H14BrNOS. The maximum Gasteiger partial charge on any atom is 0.118 e. The number of hydrogen-bond acceptors (Lipinski definition) is 3. The minimum atomic E-state index is 0.852. The summed E-state index contributed by atoms with van der Waals surface area (Å²) < 4.78 is 6.26. The molecule has 0 unspecified atom stereocenters. The van der Waals surface area contributed by atoms with Crippen LogP contribution in [-0.2, 0) is 6.42 Å². The third kappa shape index (κ3) is 3.52. The van der Waals surface area contributed by atoms with Gasteiger partial charge in [-0.05, 0) is 29.8 Å². The number of aromatic nitrogens is 1. The van der Waals surface area contributed by atoms with Gasteiger partial charge in [-0.2, -0.15) is 0 Å². The van der Waals surface area contributed by atoms with Gasteiger partial charge in [-0.25, -0.2) is 4.98 Å². The van der Waals surface area contributed by atoms with Crippen molar-refractivity contribution in [1.29, 1.82) is 0 Å². The number of rotatable bonds is 4. The maximum absolute atomic E-state index is 5.17. The summed E-state index contributed by atoms with van der Waals surface area (Å²) in [4.78, 5) is 4.72. The molecule has 0 saturated heterocycles. The molecule has 3 rings (SSSR count). The van der Waals surface area contributed by atoms with Crippen LogP contribution < -0.4 is 4.74 Å². The smallest absolute Gasteiger partial charge is 0.118 e. The van der Waals surface area contributed by atoms with Crippen molar-refractivity contribution in [2.45, 2.75) is 6.42 Å². The molecule has 0 amide bonds. The van der Waals surface area contributed by atoms with Crippen LogP contribution in [0.25, 0.3) is 11.3 Å². The van der Waals surface area contributed by atoms with Crippen molar-refractivity contribution in [3.05, 3.63) is 69.0 Å². The van der Waals surface area contributed by atoms with Gasteiger partial charge in [0, 0.05) is 21.8 Å². The largest absolute Gasteiger partial charge is 0.497 e. The first-order chi connectivity index (χ1) is 10.2. The normalized spacial score (nSPS) is 10.6. The second kappa shape index (κ2) is 6.41. The van der Waals surface area contributed by atoms with Crippen LogP contribution in [0, 0.1) is 0 Å². The van der Waals surface area contributed by atoms with Gasteiger partial charge in [-0.15, -0.1) is 11.3 Å². The summed E-state index contributed by atoms with van der Waals surface area (Å²) in [7, 11) is 1.68. The Morgan fingerprint density at radius 3 is 2.43 bits per heavy atom. The number of methoxy groups -OCH3 is 1. The fourth-order valence-electron chi connectivity index (χ4n) is 2.06. The van der Waals surface area contributed by atoms with E-state index in [4.69, 9.17) is 9.72 Å². The number of hydrogen-bond donors (Lipinski definition) is 0. The highest BCUT2D eigenvalue weighted by Gasteiger charge is 2.05. The molecule has 0 atom stereocenters. The third-order valence-electron chi connectivity index (χ3n) is 3.21. The monoisotopic (exact) mass is 359 g/mol. The lowest BCUT2D eigenvalue weighted by atomic mass is 10.1. The van der Waals surface area contributed by atoms with E-state index in [1.54, 1.807) is 18.4 Å². The Morgan fingerprint density at radius 2 is 1.76 bits per heavy atom. The van der Waals surface area contributed by atoms with Crippen LogP contribution >= 0.6 is 27.3 Å². The molecule has 2 nitrogen and oxygen atoms in total. The molecule has 0 aliphatic carbocycles. The van der Waals surface area contributed by atoms with E-state index in [9.17, 15) is 0 Å². The molecule has 21 heavy (non-hydrogen) atoms. The van der Waals surface area contributed by atoms with Gasteiger partial charge in [0.2, 0.25) is 0 Å². The number of halogens is 1. The molecule has 2 aromatic carbocycles. The molecule has 0 radical (unpaired) electrons. The average Bonchev–Trinajstić information content (AvgIpc) is 2.97. The molecule has 0 bridgehead atoms. The highest BCUT2D eigenvalue weighted by molar-refractivity contribution is 9.10. The summed E-state index contributed by atoms with van der Waals surface area (Å²) in [6.45, 7) is 0. The second-order valence-electron chi connectivity index (χ2n) is 4.66. The van der Waals surface area contributed by atoms with E-state index in [-0.39, 0.29) is 0 Å². The van der Waals surface area contributed by atoms with Gasteiger partial charge in [-0.1, -0.05) is 40.2 Å². The van der Waals surface area contributed by atoms with E-state index < -0.39 is 0 Å². The summed E-state index contributed by atoms with van der Waals surface area (Å²) in [6, 6.07) is 16.4. The highest BCUT2D eigenvalue weighted by atomic mass is 79.9. The van der Waals surface area contributed by atoms with Crippen LogP contribution in [0.15, 0.2) is 58.4 Å². The first kappa shape index (κ1) is 14.3. The van der Waals surface area contributed by atoms with E-state index in [1.165, 1.54) is 5.56 Å². The van der Waals surface area contributed by atoms with Gasteiger partial charge in [-0.3, -0.25) is 0 Å². The Balaban J connectivity index is 1.76. The topological polar surface area (TPSA) is 22.1 Å². The fourth-order valence-corrected chi connectivity index (χ4v) is 3.17. The lowest BCUT2D eigenvalue weighted by Crippen LogP contribution is -1.88. The fraction of sp³-hybridized carbons (Fsp3) is 0.118. The molecular weight excluding hydrogens is 346 g/mol. The molecule has 0 N–H and O–H groups in total. The zero-order chi connectivity index (χ0) is 14.7. The van der Waals surface area contributed by atoms with Crippen LogP contribution in [-0.4, -0.2) is 12.1 Å². The molecule has 1 heterocycles. The Morgan fingerprint density at radius 1 is 1.05 bits per heavy atom. The molecule has 1 aromatic heterocycles. The summed E-state index contributed by atoms with van der Waals surface area (Å²) in [5.74, 6) is 0.883. The van der Waals surface area contributed by atoms with Gasteiger partial charge in [0.25, 0.3) is 0 Å². The van der Waals surface area contributed by atoms with Crippen molar-refractivity contribution < 1.29 is 4.74 Å². The average molecular weight is 360 g/mol. The van der Waals surface area contributed by atoms with Gasteiger partial charge >= 0.3 is 0 Å². The first-order valence-corrected chi connectivity index (χ1v) is 8.25. The Labute approximate surface area is 136 Å². The quantitative estimate of drug-likeness (QED) is 0.640. The van der Waals surface area contributed by atoms with Gasteiger partial charge in [0.1, 0.15) is 5.75 Å². The standard InChI is InChI=1S/C17H14BrNOS/c1-20-15-8-2-12(3-9-15)10-17-19-16(11-21-17)13-4-6-14(18)7-5-13/h2-9,11H,10H2,1H3. The van der Waals surface area contributed by atoms with E-state index in [1.807, 2.05) is 24.3 Å². The van der Waals surface area contributed by atoms with E-state index in [0.717, 1.165) is 32.9 Å². The zero-order valence-electron chi connectivity index (χ0n) is 11.5. The summed E-state index contributed by atoms with van der Waals surface area (Å²) in [5.41, 5.74) is 3.43. The van der Waals surface area contributed by atoms with Crippen molar-refractivity contribution in [2.75, 3.05) is 7.11 Å². The lowest BCUT2D eigenvalue weighted by molar-refractivity contribution is 0.414. The minimum Gasteiger partial charge on any atom is -0.497 e. The molecule has 0 aliphatic heterocycles. The van der Waals surface area contributed by atoms with E-state index >= 15 is 0 Å². The number of thiazole rings is 1. The number of nitrogens with zero attached hydrogens (tertiary/aromatic N) is 1. The Bertz CT molecular complexity index is 719. The lowest BCUT2D eigenvalue weighted by Gasteiger charge is -2.01. The summed E-state index contributed by atoms with van der Waals surface area (Å²) in [6.07, 6.45) is 0.852. The van der Waals surface area contributed by atoms with Gasteiger partial charge < -0.3 is 4.74 Å². The van der Waals surface area contributed by atoms with E-state index in [0.29, 0.717) is 0 Å². The van der Waals surface area contributed by atoms with Crippen molar-refractivity contribution in [3.63, 3.8) is 0 Å². The zero-order valence-corrected chi connectivity index (χ0v) is 13.9. The van der Waals surface area contributed by atoms with E-state index in [2.05, 4.69) is 45.6 Å². The van der Waals surface area contributed by atoms with Crippen molar-refractivity contribution in [3.8, 4) is 17.0 Å². The molecule has 0 saturated carbocycles. The Kier molecular flexibility index (Phi) is 4.36. The predicted octanol–water partition coefficient (Wildman–Crippen LogP) is 5.17. The number of ether oxygens (including phenoxy) is 1. The van der Waals surface area contributed by atoms with Crippen molar-refractivity contribution in [2.24, 2.45) is 0 Å². The van der Waals surface area contributed by atoms with Crippen LogP contribution in [0.1, 0.15) is 10.6 Å². The number of benzene rings is 2. The minimum absolute atomic E-state index is 0.852. The van der Waals surface area contributed by atoms with Crippen LogP contribution in [0.5, 0.6) is 5.75 Å². The maximum atomic E-state index is 5.17. The SMILES string of the molecule is COc1ccc(Cc2nc(-c3ccc(Br)cc3)cs2)cc1. The molecule has 0 fully saturated rings. The summed E-state index contributed by atoms with van der Waals surface area (Å²) >= 11 is 5.15. The van der Waals surface area contributed by atoms with Crippen molar-refractivity contribution in [1.82, 2.24) is 4.98 Å². The molecule has 0 spiro atoms. The molecule has 3 aromatic rings. The van der Waals surface area contributed by atoms with Crippen LogP contribution in [0.3, 0.4) is 0 Å². The third-order valence-corrected chi connectivity index (χ3v) is 4.58.